The number of rotatable bonds is 6. The van der Waals surface area contributed by atoms with Gasteiger partial charge in [0.1, 0.15) is 0 Å². The highest BCUT2D eigenvalue weighted by molar-refractivity contribution is 5.66. The van der Waals surface area contributed by atoms with Gasteiger partial charge in [-0.25, -0.2) is 0 Å². The summed E-state index contributed by atoms with van der Waals surface area (Å²) in [6.45, 7) is 11.8. The summed E-state index contributed by atoms with van der Waals surface area (Å²) >= 11 is 0. The number of carbonyl (C=O) groups is 1. The van der Waals surface area contributed by atoms with Gasteiger partial charge >= 0.3 is 5.97 Å². The zero-order valence-corrected chi connectivity index (χ0v) is 13.1. The van der Waals surface area contributed by atoms with Gasteiger partial charge in [-0.3, -0.25) is 4.79 Å². The Bertz CT molecular complexity index is 266. The van der Waals surface area contributed by atoms with Gasteiger partial charge in [-0.1, -0.05) is 25.5 Å². The lowest BCUT2D eigenvalue weighted by Gasteiger charge is -2.32. The SMILES string of the molecule is C/C=C(\C)C1CCN(CCCCC(=O)O)CC1.CC. The van der Waals surface area contributed by atoms with E-state index < -0.39 is 5.97 Å². The Balaban J connectivity index is 0.00000154. The summed E-state index contributed by atoms with van der Waals surface area (Å²) in [5, 5.41) is 8.55. The second-order valence-electron chi connectivity index (χ2n) is 5.00. The van der Waals surface area contributed by atoms with Gasteiger partial charge in [-0.05, 0) is 65.1 Å². The summed E-state index contributed by atoms with van der Waals surface area (Å²) in [5.74, 6) is 0.0997. The van der Waals surface area contributed by atoms with E-state index >= 15 is 0 Å². The second-order valence-corrected chi connectivity index (χ2v) is 5.00. The largest absolute Gasteiger partial charge is 0.481 e. The minimum absolute atomic E-state index is 0.314. The number of allylic oxidation sites excluding steroid dienone is 2. The molecule has 1 heterocycles. The summed E-state index contributed by atoms with van der Waals surface area (Å²) < 4.78 is 0. The first kappa shape index (κ1) is 18.2. The van der Waals surface area contributed by atoms with Gasteiger partial charge in [-0.2, -0.15) is 0 Å². The summed E-state index contributed by atoms with van der Waals surface area (Å²) in [6.07, 6.45) is 6.88. The summed E-state index contributed by atoms with van der Waals surface area (Å²) in [4.78, 5) is 12.9. The maximum atomic E-state index is 10.4. The number of aliphatic carboxylic acids is 1. The van der Waals surface area contributed by atoms with E-state index in [0.29, 0.717) is 6.42 Å². The number of piperidine rings is 1. The number of unbranched alkanes of at least 4 members (excludes halogenated alkanes) is 1. The highest BCUT2D eigenvalue weighted by Crippen LogP contribution is 2.24. The van der Waals surface area contributed by atoms with E-state index in [0.717, 1.165) is 25.3 Å². The van der Waals surface area contributed by atoms with Crippen molar-refractivity contribution in [3.8, 4) is 0 Å². The molecule has 1 aliphatic heterocycles. The third-order valence-electron chi connectivity index (χ3n) is 3.80. The Kier molecular flexibility index (Phi) is 10.6. The molecule has 1 rings (SSSR count). The maximum Gasteiger partial charge on any atom is 0.303 e. The molecule has 3 heteroatoms. The van der Waals surface area contributed by atoms with Gasteiger partial charge in [0.05, 0.1) is 0 Å². The first-order valence-electron chi connectivity index (χ1n) is 7.70. The number of hydrogen-bond acceptors (Lipinski definition) is 2. The molecule has 0 unspecified atom stereocenters. The minimum atomic E-state index is -0.674. The topological polar surface area (TPSA) is 40.5 Å². The lowest BCUT2D eigenvalue weighted by Crippen LogP contribution is -2.34. The monoisotopic (exact) mass is 269 g/mol. The van der Waals surface area contributed by atoms with Crippen LogP contribution in [0, 0.1) is 5.92 Å². The van der Waals surface area contributed by atoms with Crippen LogP contribution in [0.15, 0.2) is 11.6 Å². The minimum Gasteiger partial charge on any atom is -0.481 e. The predicted molar refractivity (Wildman–Crippen MR) is 81.4 cm³/mol. The van der Waals surface area contributed by atoms with Crippen LogP contribution in [0.25, 0.3) is 0 Å². The molecule has 0 aromatic heterocycles. The first-order chi connectivity index (χ1) is 9.13. The van der Waals surface area contributed by atoms with Crippen molar-refractivity contribution in [3.63, 3.8) is 0 Å². The van der Waals surface area contributed by atoms with Crippen LogP contribution in [0.4, 0.5) is 0 Å². The molecular formula is C16H31NO2. The summed E-state index contributed by atoms with van der Waals surface area (Å²) in [6, 6.07) is 0. The van der Waals surface area contributed by atoms with Gasteiger partial charge in [0.25, 0.3) is 0 Å². The Morgan fingerprint density at radius 3 is 2.32 bits per heavy atom. The Morgan fingerprint density at radius 1 is 1.26 bits per heavy atom. The van der Waals surface area contributed by atoms with Crippen LogP contribution in [0.5, 0.6) is 0 Å². The molecule has 1 N–H and O–H groups in total. The number of hydrogen-bond donors (Lipinski definition) is 1. The molecule has 1 saturated heterocycles. The summed E-state index contributed by atoms with van der Waals surface area (Å²) in [5.41, 5.74) is 1.52. The van der Waals surface area contributed by atoms with Crippen molar-refractivity contribution in [2.75, 3.05) is 19.6 Å². The molecule has 1 aliphatic rings. The van der Waals surface area contributed by atoms with E-state index in [9.17, 15) is 4.79 Å². The van der Waals surface area contributed by atoms with Crippen LogP contribution in [0.2, 0.25) is 0 Å². The van der Waals surface area contributed by atoms with E-state index in [1.807, 2.05) is 13.8 Å². The van der Waals surface area contributed by atoms with Gasteiger partial charge < -0.3 is 10.0 Å². The molecule has 0 saturated carbocycles. The Hall–Kier alpha value is -0.830. The normalized spacial score (nSPS) is 17.8. The quantitative estimate of drug-likeness (QED) is 0.586. The number of carboxylic acids is 1. The van der Waals surface area contributed by atoms with Crippen molar-refractivity contribution >= 4 is 5.97 Å². The third-order valence-corrected chi connectivity index (χ3v) is 3.80. The average Bonchev–Trinajstić information content (AvgIpc) is 2.45. The molecule has 0 atom stereocenters. The molecule has 0 aromatic rings. The lowest BCUT2D eigenvalue weighted by atomic mass is 9.90. The number of likely N-dealkylation sites (tertiary alicyclic amines) is 1. The third kappa shape index (κ3) is 8.04. The highest BCUT2D eigenvalue weighted by atomic mass is 16.4. The van der Waals surface area contributed by atoms with E-state index in [-0.39, 0.29) is 0 Å². The molecule has 19 heavy (non-hydrogen) atoms. The second kappa shape index (κ2) is 11.0. The van der Waals surface area contributed by atoms with Crippen molar-refractivity contribution in [2.24, 2.45) is 5.92 Å². The van der Waals surface area contributed by atoms with Gasteiger partial charge in [0.2, 0.25) is 0 Å². The van der Waals surface area contributed by atoms with Crippen LogP contribution in [0.3, 0.4) is 0 Å². The van der Waals surface area contributed by atoms with Crippen LogP contribution in [-0.4, -0.2) is 35.6 Å². The zero-order chi connectivity index (χ0) is 14.7. The molecule has 0 bridgehead atoms. The van der Waals surface area contributed by atoms with Gasteiger partial charge in [0.15, 0.2) is 0 Å². The molecular weight excluding hydrogens is 238 g/mol. The van der Waals surface area contributed by atoms with Crippen LogP contribution < -0.4 is 0 Å². The standard InChI is InChI=1S/C14H25NO2.C2H6/c1-3-12(2)13-7-10-15(11-8-13)9-5-4-6-14(16)17;1-2/h3,13H,4-11H2,1-2H3,(H,16,17);1-2H3/b12-3+;. The molecule has 112 valence electrons. The van der Waals surface area contributed by atoms with Crippen LogP contribution in [0.1, 0.15) is 59.8 Å². The molecule has 0 aromatic carbocycles. The van der Waals surface area contributed by atoms with Gasteiger partial charge in [-0.15, -0.1) is 0 Å². The van der Waals surface area contributed by atoms with Crippen molar-refractivity contribution in [3.05, 3.63) is 11.6 Å². The van der Waals surface area contributed by atoms with Crippen molar-refractivity contribution in [1.29, 1.82) is 0 Å². The molecule has 0 spiro atoms. The zero-order valence-electron chi connectivity index (χ0n) is 13.1. The average molecular weight is 269 g/mol. The van der Waals surface area contributed by atoms with E-state index in [1.54, 1.807) is 0 Å². The predicted octanol–water partition coefficient (Wildman–Crippen LogP) is 3.95. The van der Waals surface area contributed by atoms with E-state index in [2.05, 4.69) is 24.8 Å². The fraction of sp³-hybridized carbons (Fsp3) is 0.812. The Morgan fingerprint density at radius 2 is 1.84 bits per heavy atom. The van der Waals surface area contributed by atoms with E-state index in [4.69, 9.17) is 5.11 Å². The number of carboxylic acid groups (broad SMARTS) is 1. The highest BCUT2D eigenvalue weighted by Gasteiger charge is 2.19. The van der Waals surface area contributed by atoms with Crippen molar-refractivity contribution in [1.82, 2.24) is 4.90 Å². The molecule has 0 amide bonds. The molecule has 3 nitrogen and oxygen atoms in total. The lowest BCUT2D eigenvalue weighted by molar-refractivity contribution is -0.137. The number of nitrogens with zero attached hydrogens (tertiary/aromatic N) is 1. The Labute approximate surface area is 118 Å². The van der Waals surface area contributed by atoms with E-state index in [1.165, 1.54) is 31.5 Å². The maximum absolute atomic E-state index is 10.4. The fourth-order valence-electron chi connectivity index (χ4n) is 2.46. The fourth-order valence-corrected chi connectivity index (χ4v) is 2.46. The van der Waals surface area contributed by atoms with Crippen LogP contribution in [-0.2, 0) is 4.79 Å². The van der Waals surface area contributed by atoms with Crippen molar-refractivity contribution < 1.29 is 9.90 Å². The molecule has 0 radical (unpaired) electrons. The van der Waals surface area contributed by atoms with Gasteiger partial charge in [0, 0.05) is 6.42 Å². The van der Waals surface area contributed by atoms with Crippen LogP contribution >= 0.6 is 0 Å². The van der Waals surface area contributed by atoms with Crippen molar-refractivity contribution in [2.45, 2.75) is 59.8 Å². The smallest absolute Gasteiger partial charge is 0.303 e. The molecule has 0 aliphatic carbocycles. The molecule has 1 fully saturated rings. The summed E-state index contributed by atoms with van der Waals surface area (Å²) in [7, 11) is 0. The first-order valence-corrected chi connectivity index (χ1v) is 7.70.